The molecule has 182 valence electrons. The standard InChI is InChI=1S/C26H42O6/c1-6-16(4)26(31)32-24-14-20(28)11-18-8-7-17(5)22(25(18)24)10-9-19(27)12-21(29)13-23(30)15(2)3/h7-8,11,15-17,19-22,24-25,27-29H,6,9-10,12-14H2,1-5H3. The van der Waals surface area contributed by atoms with Crippen molar-refractivity contribution in [1.82, 2.24) is 0 Å². The molecule has 0 heterocycles. The average molecular weight is 451 g/mol. The summed E-state index contributed by atoms with van der Waals surface area (Å²) in [6.07, 6.45) is 5.93. The van der Waals surface area contributed by atoms with E-state index >= 15 is 0 Å². The van der Waals surface area contributed by atoms with Gasteiger partial charge in [0.1, 0.15) is 11.9 Å². The highest BCUT2D eigenvalue weighted by Crippen LogP contribution is 2.44. The monoisotopic (exact) mass is 450 g/mol. The largest absolute Gasteiger partial charge is 0.461 e. The van der Waals surface area contributed by atoms with Gasteiger partial charge in [0, 0.05) is 24.7 Å². The van der Waals surface area contributed by atoms with Crippen LogP contribution in [-0.2, 0) is 14.3 Å². The van der Waals surface area contributed by atoms with Gasteiger partial charge in [-0.2, -0.15) is 0 Å². The number of Topliss-reactive ketones (excluding diaryl/α,β-unsaturated/α-hetero) is 1. The zero-order valence-electron chi connectivity index (χ0n) is 20.2. The molecular weight excluding hydrogens is 408 g/mol. The molecule has 0 fully saturated rings. The van der Waals surface area contributed by atoms with E-state index in [2.05, 4.69) is 13.0 Å². The maximum absolute atomic E-state index is 12.5. The summed E-state index contributed by atoms with van der Waals surface area (Å²) >= 11 is 0. The van der Waals surface area contributed by atoms with Crippen LogP contribution in [0.1, 0.15) is 73.1 Å². The molecule has 0 saturated carbocycles. The Morgan fingerprint density at radius 3 is 2.50 bits per heavy atom. The van der Waals surface area contributed by atoms with Crippen molar-refractivity contribution in [2.45, 2.75) is 97.6 Å². The van der Waals surface area contributed by atoms with Crippen LogP contribution in [0, 0.1) is 29.6 Å². The third kappa shape index (κ3) is 7.26. The lowest BCUT2D eigenvalue weighted by Crippen LogP contribution is -2.43. The van der Waals surface area contributed by atoms with E-state index in [1.54, 1.807) is 13.8 Å². The number of carbonyl (C=O) groups excluding carboxylic acids is 2. The third-order valence-corrected chi connectivity index (χ3v) is 7.11. The van der Waals surface area contributed by atoms with Gasteiger partial charge >= 0.3 is 5.97 Å². The zero-order valence-corrected chi connectivity index (χ0v) is 20.2. The lowest BCUT2D eigenvalue weighted by atomic mass is 9.66. The molecule has 0 radical (unpaired) electrons. The molecule has 0 aromatic heterocycles. The molecule has 32 heavy (non-hydrogen) atoms. The maximum Gasteiger partial charge on any atom is 0.308 e. The van der Waals surface area contributed by atoms with Crippen molar-refractivity contribution in [3.8, 4) is 0 Å². The van der Waals surface area contributed by atoms with Crippen LogP contribution in [0.15, 0.2) is 23.8 Å². The van der Waals surface area contributed by atoms with Crippen LogP contribution >= 0.6 is 0 Å². The van der Waals surface area contributed by atoms with Crippen molar-refractivity contribution in [3.63, 3.8) is 0 Å². The van der Waals surface area contributed by atoms with Crippen molar-refractivity contribution >= 4 is 11.8 Å². The first kappa shape index (κ1) is 26.7. The van der Waals surface area contributed by atoms with Gasteiger partial charge < -0.3 is 20.1 Å². The zero-order chi connectivity index (χ0) is 24.0. The number of ether oxygens (including phenoxy) is 1. The number of ketones is 1. The van der Waals surface area contributed by atoms with Crippen molar-refractivity contribution in [2.75, 3.05) is 0 Å². The Kier molecular flexibility index (Phi) is 10.1. The molecule has 0 saturated heterocycles. The number of rotatable bonds is 11. The molecule has 0 aromatic carbocycles. The number of aliphatic hydroxyl groups excluding tert-OH is 3. The smallest absolute Gasteiger partial charge is 0.308 e. The highest BCUT2D eigenvalue weighted by Gasteiger charge is 2.42. The van der Waals surface area contributed by atoms with E-state index in [1.807, 2.05) is 26.0 Å². The molecule has 2 rings (SSSR count). The Balaban J connectivity index is 2.05. The number of fused-ring (bicyclic) bond motifs is 1. The Labute approximate surface area is 192 Å². The number of carbonyl (C=O) groups is 2. The molecule has 0 aliphatic heterocycles. The molecule has 2 aliphatic carbocycles. The SMILES string of the molecule is CCC(C)C(=O)OC1CC(O)C=C2C=CC(C)C(CCC(O)CC(O)CC(=O)C(C)C)C21. The summed E-state index contributed by atoms with van der Waals surface area (Å²) in [5, 5.41) is 31.0. The van der Waals surface area contributed by atoms with Crippen molar-refractivity contribution in [1.29, 1.82) is 0 Å². The molecule has 8 unspecified atom stereocenters. The third-order valence-electron chi connectivity index (χ3n) is 7.11. The number of allylic oxidation sites excluding steroid dienone is 2. The van der Waals surface area contributed by atoms with Crippen molar-refractivity contribution in [2.24, 2.45) is 29.6 Å². The fraction of sp³-hybridized carbons (Fsp3) is 0.769. The van der Waals surface area contributed by atoms with Gasteiger partial charge in [-0.25, -0.2) is 0 Å². The number of hydrogen-bond donors (Lipinski definition) is 3. The summed E-state index contributed by atoms with van der Waals surface area (Å²) < 4.78 is 5.89. The van der Waals surface area contributed by atoms with E-state index in [4.69, 9.17) is 4.74 Å². The topological polar surface area (TPSA) is 104 Å². The summed E-state index contributed by atoms with van der Waals surface area (Å²) in [6.45, 7) is 9.54. The molecule has 3 N–H and O–H groups in total. The lowest BCUT2D eigenvalue weighted by molar-refractivity contribution is -0.159. The first-order valence-corrected chi connectivity index (χ1v) is 12.2. The predicted molar refractivity (Wildman–Crippen MR) is 124 cm³/mol. The lowest BCUT2D eigenvalue weighted by Gasteiger charge is -2.43. The fourth-order valence-electron chi connectivity index (χ4n) is 4.79. The Morgan fingerprint density at radius 2 is 1.88 bits per heavy atom. The van der Waals surface area contributed by atoms with Gasteiger partial charge in [0.15, 0.2) is 0 Å². The molecule has 0 aromatic rings. The quantitative estimate of drug-likeness (QED) is 0.416. The molecule has 0 bridgehead atoms. The van der Waals surface area contributed by atoms with Gasteiger partial charge in [-0.1, -0.05) is 52.8 Å². The van der Waals surface area contributed by atoms with E-state index in [1.165, 1.54) is 0 Å². The second kappa shape index (κ2) is 12.1. The number of aliphatic hydroxyl groups is 3. The first-order chi connectivity index (χ1) is 15.0. The molecule has 0 spiro atoms. The average Bonchev–Trinajstić information content (AvgIpc) is 2.72. The van der Waals surface area contributed by atoms with Gasteiger partial charge in [-0.15, -0.1) is 0 Å². The van der Waals surface area contributed by atoms with E-state index in [0.29, 0.717) is 25.7 Å². The predicted octanol–water partition coefficient (Wildman–Crippen LogP) is 3.58. The minimum absolute atomic E-state index is 0.00255. The normalized spacial score (nSPS) is 30.3. The highest BCUT2D eigenvalue weighted by atomic mass is 16.5. The minimum atomic E-state index is -0.840. The molecule has 0 amide bonds. The fourth-order valence-corrected chi connectivity index (χ4v) is 4.79. The summed E-state index contributed by atoms with van der Waals surface area (Å²) in [5.74, 6) is -0.186. The van der Waals surface area contributed by atoms with E-state index in [0.717, 1.165) is 5.57 Å². The number of hydrogen-bond acceptors (Lipinski definition) is 6. The van der Waals surface area contributed by atoms with E-state index < -0.39 is 24.4 Å². The summed E-state index contributed by atoms with van der Waals surface area (Å²) in [4.78, 5) is 24.3. The highest BCUT2D eigenvalue weighted by molar-refractivity contribution is 5.80. The summed E-state index contributed by atoms with van der Waals surface area (Å²) in [6, 6.07) is 0. The summed E-state index contributed by atoms with van der Waals surface area (Å²) in [7, 11) is 0. The van der Waals surface area contributed by atoms with E-state index in [9.17, 15) is 24.9 Å². The van der Waals surface area contributed by atoms with Crippen molar-refractivity contribution in [3.05, 3.63) is 23.8 Å². The number of esters is 1. The van der Waals surface area contributed by atoms with E-state index in [-0.39, 0.29) is 54.2 Å². The van der Waals surface area contributed by atoms with Gasteiger partial charge in [-0.3, -0.25) is 9.59 Å². The molecule has 6 nitrogen and oxygen atoms in total. The van der Waals surface area contributed by atoms with Crippen LogP contribution in [-0.4, -0.2) is 51.5 Å². The van der Waals surface area contributed by atoms with Crippen LogP contribution < -0.4 is 0 Å². The molecular formula is C26H42O6. The van der Waals surface area contributed by atoms with Gasteiger partial charge in [0.25, 0.3) is 0 Å². The Bertz CT molecular complexity index is 696. The molecule has 2 aliphatic rings. The van der Waals surface area contributed by atoms with Gasteiger partial charge in [-0.05, 0) is 43.1 Å². The van der Waals surface area contributed by atoms with Gasteiger partial charge in [0.05, 0.1) is 24.2 Å². The van der Waals surface area contributed by atoms with Gasteiger partial charge in [0.2, 0.25) is 0 Å². The molecule has 6 heteroatoms. The Morgan fingerprint density at radius 1 is 1.19 bits per heavy atom. The van der Waals surface area contributed by atoms with Crippen LogP contribution in [0.5, 0.6) is 0 Å². The van der Waals surface area contributed by atoms with Crippen LogP contribution in [0.25, 0.3) is 0 Å². The second-order valence-electron chi connectivity index (χ2n) is 10.1. The second-order valence-corrected chi connectivity index (χ2v) is 10.1. The maximum atomic E-state index is 12.5. The molecule has 8 atom stereocenters. The van der Waals surface area contributed by atoms with Crippen LogP contribution in [0.4, 0.5) is 0 Å². The minimum Gasteiger partial charge on any atom is -0.461 e. The Hall–Kier alpha value is -1.50. The van der Waals surface area contributed by atoms with Crippen molar-refractivity contribution < 1.29 is 29.6 Å². The first-order valence-electron chi connectivity index (χ1n) is 12.2. The summed E-state index contributed by atoms with van der Waals surface area (Å²) in [5.41, 5.74) is 0.992. The van der Waals surface area contributed by atoms with Crippen LogP contribution in [0.2, 0.25) is 0 Å². The van der Waals surface area contributed by atoms with Crippen LogP contribution in [0.3, 0.4) is 0 Å².